The fourth-order valence-electron chi connectivity index (χ4n) is 3.20. The van der Waals surface area contributed by atoms with Gasteiger partial charge in [0.2, 0.25) is 0 Å². The third kappa shape index (κ3) is 2.06. The van der Waals surface area contributed by atoms with Crippen molar-refractivity contribution in [3.8, 4) is 0 Å². The Morgan fingerprint density at radius 3 is 1.68 bits per heavy atom. The molecule has 2 aromatic rings. The van der Waals surface area contributed by atoms with Gasteiger partial charge in [-0.05, 0) is 31.2 Å². The minimum atomic E-state index is -2.81. The Morgan fingerprint density at radius 1 is 0.909 bits per heavy atom. The molecule has 2 heterocycles. The largest absolute Gasteiger partial charge is 0.358 e. The number of hydrogen-bond donors (Lipinski definition) is 0. The van der Waals surface area contributed by atoms with Crippen molar-refractivity contribution in [1.29, 1.82) is 0 Å². The molecule has 0 N–H and O–H groups in total. The van der Waals surface area contributed by atoms with E-state index in [0.717, 1.165) is 24.5 Å². The second kappa shape index (κ2) is 5.15. The molecule has 0 bridgehead atoms. The van der Waals surface area contributed by atoms with Gasteiger partial charge in [-0.25, -0.2) is 0 Å². The lowest BCUT2D eigenvalue weighted by Crippen LogP contribution is -2.23. The van der Waals surface area contributed by atoms with Gasteiger partial charge in [-0.3, -0.25) is 4.57 Å². The molecule has 4 rings (SSSR count). The Morgan fingerprint density at radius 2 is 1.32 bits per heavy atom. The highest BCUT2D eigenvalue weighted by atomic mass is 31.2. The summed E-state index contributed by atoms with van der Waals surface area (Å²) in [5, 5.41) is 0. The van der Waals surface area contributed by atoms with E-state index in [-0.39, 0.29) is 11.9 Å². The van der Waals surface area contributed by atoms with Crippen LogP contribution in [0.5, 0.6) is 0 Å². The summed E-state index contributed by atoms with van der Waals surface area (Å²) in [6.07, 6.45) is 0.0568. The van der Waals surface area contributed by atoms with Gasteiger partial charge in [0, 0.05) is 24.5 Å². The van der Waals surface area contributed by atoms with Crippen LogP contribution in [0.25, 0.3) is 0 Å². The zero-order valence-electron chi connectivity index (χ0n) is 12.5. The Labute approximate surface area is 130 Å². The van der Waals surface area contributed by atoms with E-state index in [9.17, 15) is 4.57 Å². The van der Waals surface area contributed by atoms with Gasteiger partial charge in [-0.1, -0.05) is 36.4 Å². The minimum absolute atomic E-state index is 0.0568. The topological polar surface area (TPSA) is 36.1 Å². The van der Waals surface area contributed by atoms with Crippen LogP contribution in [0.2, 0.25) is 0 Å². The van der Waals surface area contributed by atoms with E-state index >= 15 is 0 Å². The number of anilines is 2. The molecule has 0 aromatic heterocycles. The molecule has 2 atom stereocenters. The van der Waals surface area contributed by atoms with E-state index in [2.05, 4.69) is 0 Å². The fraction of sp³-hybridized carbons (Fsp3) is 0.294. The standard InChI is InChI=1S/C17H19N2O2P/c1-14-17(21-14)22(20)18(15-8-4-2-5-9-15)12-13-19(22)16-10-6-3-7-11-16/h2-11,14,17H,12-13H2,1H3/t14-,17+/m1/s1. The van der Waals surface area contributed by atoms with Crippen LogP contribution in [0.4, 0.5) is 11.4 Å². The summed E-state index contributed by atoms with van der Waals surface area (Å²) in [4.78, 5) is 0. The summed E-state index contributed by atoms with van der Waals surface area (Å²) in [6.45, 7) is 3.50. The molecule has 0 saturated carbocycles. The number of para-hydroxylation sites is 2. The van der Waals surface area contributed by atoms with Gasteiger partial charge >= 0.3 is 0 Å². The molecule has 0 amide bonds. The first-order valence-electron chi connectivity index (χ1n) is 7.62. The van der Waals surface area contributed by atoms with Gasteiger partial charge in [-0.15, -0.1) is 0 Å². The Bertz CT molecular complexity index is 656. The van der Waals surface area contributed by atoms with Crippen LogP contribution >= 0.6 is 7.44 Å². The van der Waals surface area contributed by atoms with Crippen molar-refractivity contribution < 1.29 is 9.30 Å². The maximum atomic E-state index is 14.0. The van der Waals surface area contributed by atoms with Crippen LogP contribution in [0.3, 0.4) is 0 Å². The predicted octanol–water partition coefficient (Wildman–Crippen LogP) is 3.95. The molecule has 4 nitrogen and oxygen atoms in total. The summed E-state index contributed by atoms with van der Waals surface area (Å²) in [7, 11) is -2.81. The number of hydrogen-bond acceptors (Lipinski definition) is 2. The Hall–Kier alpha value is -1.77. The quantitative estimate of drug-likeness (QED) is 0.635. The van der Waals surface area contributed by atoms with Gasteiger partial charge < -0.3 is 14.1 Å². The number of nitrogens with zero attached hydrogens (tertiary/aromatic N) is 2. The minimum Gasteiger partial charge on any atom is -0.358 e. The number of ether oxygens (including phenoxy) is 1. The van der Waals surface area contributed by atoms with Crippen molar-refractivity contribution in [1.82, 2.24) is 0 Å². The second-order valence-electron chi connectivity index (χ2n) is 5.74. The average molecular weight is 314 g/mol. The monoisotopic (exact) mass is 314 g/mol. The Kier molecular flexibility index (Phi) is 3.24. The van der Waals surface area contributed by atoms with E-state index in [4.69, 9.17) is 4.74 Å². The van der Waals surface area contributed by atoms with Crippen LogP contribution in [-0.4, -0.2) is 25.0 Å². The van der Waals surface area contributed by atoms with E-state index in [0.29, 0.717) is 0 Å². The van der Waals surface area contributed by atoms with Crippen molar-refractivity contribution >= 4 is 18.8 Å². The normalized spacial score (nSPS) is 26.2. The molecule has 0 radical (unpaired) electrons. The SMILES string of the molecule is C[C@H]1O[C@H]1P1(=O)N(c2ccccc2)CCN1c1ccccc1. The number of epoxide rings is 1. The first-order valence-corrected chi connectivity index (χ1v) is 9.31. The lowest BCUT2D eigenvalue weighted by atomic mass is 10.3. The molecule has 2 aliphatic rings. The van der Waals surface area contributed by atoms with E-state index in [1.807, 2.05) is 76.9 Å². The number of benzene rings is 2. The lowest BCUT2D eigenvalue weighted by Gasteiger charge is -2.31. The highest BCUT2D eigenvalue weighted by Gasteiger charge is 2.59. The highest BCUT2D eigenvalue weighted by Crippen LogP contribution is 2.68. The zero-order valence-corrected chi connectivity index (χ0v) is 13.4. The van der Waals surface area contributed by atoms with Crippen LogP contribution in [0.1, 0.15) is 6.92 Å². The molecule has 2 aliphatic heterocycles. The molecule has 2 aromatic carbocycles. The molecule has 0 spiro atoms. The maximum absolute atomic E-state index is 14.0. The molecular formula is C17H19N2O2P. The average Bonchev–Trinajstić information content (AvgIpc) is 3.20. The molecular weight excluding hydrogens is 295 g/mol. The smallest absolute Gasteiger partial charge is 0.293 e. The molecule has 2 saturated heterocycles. The summed E-state index contributed by atoms with van der Waals surface area (Å²) in [5.41, 5.74) is 2.01. The fourth-order valence-corrected chi connectivity index (χ4v) is 6.59. The zero-order chi connectivity index (χ0) is 15.2. The second-order valence-corrected chi connectivity index (χ2v) is 8.39. The van der Waals surface area contributed by atoms with Gasteiger partial charge in [0.15, 0.2) is 5.85 Å². The van der Waals surface area contributed by atoms with Gasteiger partial charge in [0.25, 0.3) is 7.44 Å². The van der Waals surface area contributed by atoms with Crippen LogP contribution in [0.15, 0.2) is 60.7 Å². The van der Waals surface area contributed by atoms with Gasteiger partial charge in [0.05, 0.1) is 6.10 Å². The van der Waals surface area contributed by atoms with Crippen molar-refractivity contribution in [3.05, 3.63) is 60.7 Å². The third-order valence-corrected chi connectivity index (χ3v) is 7.78. The Balaban J connectivity index is 1.77. The van der Waals surface area contributed by atoms with Crippen molar-refractivity contribution in [2.24, 2.45) is 0 Å². The molecule has 2 fully saturated rings. The van der Waals surface area contributed by atoms with Crippen molar-refractivity contribution in [2.75, 3.05) is 22.4 Å². The number of rotatable bonds is 3. The maximum Gasteiger partial charge on any atom is 0.293 e. The molecule has 114 valence electrons. The lowest BCUT2D eigenvalue weighted by molar-refractivity contribution is 0.405. The first-order chi connectivity index (χ1) is 10.7. The molecule has 0 unspecified atom stereocenters. The summed E-state index contributed by atoms with van der Waals surface area (Å²) in [5.74, 6) is -0.199. The van der Waals surface area contributed by atoms with Crippen molar-refractivity contribution in [2.45, 2.75) is 18.9 Å². The summed E-state index contributed by atoms with van der Waals surface area (Å²) >= 11 is 0. The van der Waals surface area contributed by atoms with Crippen LogP contribution in [-0.2, 0) is 9.30 Å². The molecule has 22 heavy (non-hydrogen) atoms. The third-order valence-electron chi connectivity index (χ3n) is 4.33. The summed E-state index contributed by atoms with van der Waals surface area (Å²) in [6, 6.07) is 20.0. The highest BCUT2D eigenvalue weighted by molar-refractivity contribution is 7.68. The molecule has 0 aliphatic carbocycles. The molecule has 5 heteroatoms. The predicted molar refractivity (Wildman–Crippen MR) is 89.5 cm³/mol. The van der Waals surface area contributed by atoms with Crippen LogP contribution < -0.4 is 9.34 Å². The van der Waals surface area contributed by atoms with Gasteiger partial charge in [-0.2, -0.15) is 0 Å². The first kappa shape index (κ1) is 13.9. The van der Waals surface area contributed by atoms with E-state index in [1.54, 1.807) is 0 Å². The van der Waals surface area contributed by atoms with E-state index < -0.39 is 7.44 Å². The van der Waals surface area contributed by atoms with Gasteiger partial charge in [0.1, 0.15) is 0 Å². The van der Waals surface area contributed by atoms with Crippen molar-refractivity contribution in [3.63, 3.8) is 0 Å². The van der Waals surface area contributed by atoms with Crippen LogP contribution in [0, 0.1) is 0 Å². The summed E-state index contributed by atoms with van der Waals surface area (Å²) < 4.78 is 23.7. The van der Waals surface area contributed by atoms with E-state index in [1.165, 1.54) is 0 Å².